The Kier molecular flexibility index (Phi) is 7.21. The third-order valence-corrected chi connectivity index (χ3v) is 5.44. The molecule has 31 heavy (non-hydrogen) atoms. The van der Waals surface area contributed by atoms with Crippen LogP contribution in [0, 0.1) is 11.3 Å². The Balaban J connectivity index is 1.60. The third-order valence-electron chi connectivity index (χ3n) is 5.44. The minimum Gasteiger partial charge on any atom is -0.461 e. The lowest BCUT2D eigenvalue weighted by Crippen LogP contribution is -2.37. The van der Waals surface area contributed by atoms with E-state index < -0.39 is 0 Å². The van der Waals surface area contributed by atoms with Gasteiger partial charge in [-0.2, -0.15) is 0 Å². The zero-order valence-electron chi connectivity index (χ0n) is 19.3. The number of rotatable bonds is 7. The Labute approximate surface area is 184 Å². The van der Waals surface area contributed by atoms with E-state index in [0.717, 1.165) is 34.8 Å². The molecule has 1 aliphatic heterocycles. The van der Waals surface area contributed by atoms with Crippen LogP contribution in [0.4, 0.5) is 5.69 Å². The maximum Gasteiger partial charge on any atom is 0.248 e. The fraction of sp³-hybridized carbons (Fsp3) is 0.520. The molecule has 0 saturated carbocycles. The zero-order valence-corrected chi connectivity index (χ0v) is 19.3. The van der Waals surface area contributed by atoms with Crippen LogP contribution in [0.5, 0.6) is 0 Å². The molecule has 0 radical (unpaired) electrons. The van der Waals surface area contributed by atoms with Gasteiger partial charge in [0.05, 0.1) is 0 Å². The third kappa shape index (κ3) is 6.44. The first-order chi connectivity index (χ1) is 14.6. The molecule has 0 bridgehead atoms. The molecule has 1 atom stereocenters. The highest BCUT2D eigenvalue weighted by molar-refractivity contribution is 5.91. The van der Waals surface area contributed by atoms with E-state index in [4.69, 9.17) is 9.15 Å². The van der Waals surface area contributed by atoms with E-state index in [1.165, 1.54) is 7.11 Å². The Bertz CT molecular complexity index is 909. The van der Waals surface area contributed by atoms with Crippen LogP contribution in [-0.2, 0) is 27.3 Å². The highest BCUT2D eigenvalue weighted by Crippen LogP contribution is 2.31. The van der Waals surface area contributed by atoms with Crippen molar-refractivity contribution in [2.75, 3.05) is 25.6 Å². The summed E-state index contributed by atoms with van der Waals surface area (Å²) in [7, 11) is 1.53. The number of fused-ring (bicyclic) bond motifs is 1. The largest absolute Gasteiger partial charge is 0.461 e. The van der Waals surface area contributed by atoms with Gasteiger partial charge in [0.25, 0.3) is 0 Å². The summed E-state index contributed by atoms with van der Waals surface area (Å²) in [4.78, 5) is 26.2. The lowest BCUT2D eigenvalue weighted by atomic mass is 9.84. The summed E-state index contributed by atoms with van der Waals surface area (Å²) < 4.78 is 11.0. The molecule has 6 heteroatoms. The smallest absolute Gasteiger partial charge is 0.248 e. The van der Waals surface area contributed by atoms with Gasteiger partial charge < -0.3 is 19.4 Å². The van der Waals surface area contributed by atoms with Crippen molar-refractivity contribution in [3.63, 3.8) is 0 Å². The molecule has 1 aromatic carbocycles. The predicted octanol–water partition coefficient (Wildman–Crippen LogP) is 4.88. The van der Waals surface area contributed by atoms with E-state index >= 15 is 0 Å². The number of benzene rings is 1. The summed E-state index contributed by atoms with van der Waals surface area (Å²) in [6.45, 7) is 9.99. The Hall–Kier alpha value is -2.60. The van der Waals surface area contributed by atoms with Crippen LogP contribution < -0.4 is 5.32 Å². The summed E-state index contributed by atoms with van der Waals surface area (Å²) in [6, 6.07) is 9.71. The highest BCUT2D eigenvalue weighted by Gasteiger charge is 2.24. The second-order valence-electron chi connectivity index (χ2n) is 9.76. The molecule has 168 valence electrons. The maximum absolute atomic E-state index is 12.4. The number of carbonyl (C=O) groups excluding carboxylic acids is 2. The number of anilines is 1. The number of carbonyl (C=O) groups is 2. The van der Waals surface area contributed by atoms with Crippen molar-refractivity contribution in [2.24, 2.45) is 11.3 Å². The summed E-state index contributed by atoms with van der Waals surface area (Å²) in [5, 5.41) is 2.99. The number of nitrogens with zero attached hydrogens (tertiary/aromatic N) is 1. The van der Waals surface area contributed by atoms with Crippen LogP contribution in [-0.4, -0.2) is 37.0 Å². The van der Waals surface area contributed by atoms with E-state index in [1.807, 2.05) is 30.3 Å². The number of amides is 2. The van der Waals surface area contributed by atoms with Crippen LogP contribution in [0.3, 0.4) is 0 Å². The van der Waals surface area contributed by atoms with Gasteiger partial charge in [0.2, 0.25) is 11.8 Å². The van der Waals surface area contributed by atoms with Gasteiger partial charge in [0.15, 0.2) is 0 Å². The van der Waals surface area contributed by atoms with Crippen molar-refractivity contribution in [1.82, 2.24) is 4.90 Å². The number of methoxy groups -OCH3 is 1. The van der Waals surface area contributed by atoms with Gasteiger partial charge >= 0.3 is 0 Å². The summed E-state index contributed by atoms with van der Waals surface area (Å²) in [5.41, 5.74) is 2.99. The molecule has 1 aliphatic rings. The topological polar surface area (TPSA) is 71.8 Å². The molecule has 0 aliphatic carbocycles. The van der Waals surface area contributed by atoms with Crippen LogP contribution in [0.15, 0.2) is 34.7 Å². The molecular formula is C25H34N2O4. The van der Waals surface area contributed by atoms with Crippen LogP contribution in [0.25, 0.3) is 11.3 Å². The number of hydrogen-bond donors (Lipinski definition) is 1. The summed E-state index contributed by atoms with van der Waals surface area (Å²) in [6.07, 6.45) is 2.23. The SMILES string of the molecule is COCC(=O)N1CCc2oc(-c3ccc(NC(=O)CC(C)CC(C)(C)C)cc3)cc2C1. The molecule has 2 aromatic rings. The molecule has 1 aromatic heterocycles. The van der Waals surface area contributed by atoms with E-state index in [-0.39, 0.29) is 23.8 Å². The van der Waals surface area contributed by atoms with Crippen molar-refractivity contribution in [3.8, 4) is 11.3 Å². The lowest BCUT2D eigenvalue weighted by molar-refractivity contribution is -0.136. The highest BCUT2D eigenvalue weighted by atomic mass is 16.5. The second kappa shape index (κ2) is 9.69. The Morgan fingerprint density at radius 3 is 2.58 bits per heavy atom. The Morgan fingerprint density at radius 1 is 1.23 bits per heavy atom. The predicted molar refractivity (Wildman–Crippen MR) is 122 cm³/mol. The van der Waals surface area contributed by atoms with E-state index in [0.29, 0.717) is 31.8 Å². The van der Waals surface area contributed by atoms with Gasteiger partial charge in [-0.05, 0) is 48.1 Å². The normalized spacial score (nSPS) is 14.8. The van der Waals surface area contributed by atoms with Gasteiger partial charge in [-0.1, -0.05) is 27.7 Å². The van der Waals surface area contributed by atoms with Crippen molar-refractivity contribution in [2.45, 2.75) is 53.5 Å². The lowest BCUT2D eigenvalue weighted by Gasteiger charge is -2.25. The molecule has 3 rings (SSSR count). The van der Waals surface area contributed by atoms with Crippen molar-refractivity contribution in [3.05, 3.63) is 41.7 Å². The first-order valence-electron chi connectivity index (χ1n) is 10.9. The first kappa shape index (κ1) is 23.1. The molecule has 2 amide bonds. The monoisotopic (exact) mass is 426 g/mol. The van der Waals surface area contributed by atoms with Crippen molar-refractivity contribution >= 4 is 17.5 Å². The fourth-order valence-corrected chi connectivity index (χ4v) is 4.27. The molecule has 1 unspecified atom stereocenters. The zero-order chi connectivity index (χ0) is 22.6. The fourth-order valence-electron chi connectivity index (χ4n) is 4.27. The minimum absolute atomic E-state index is 0.00665. The van der Waals surface area contributed by atoms with Gasteiger partial charge in [-0.15, -0.1) is 0 Å². The molecule has 1 N–H and O–H groups in total. The van der Waals surface area contributed by atoms with Gasteiger partial charge in [0.1, 0.15) is 18.1 Å². The van der Waals surface area contributed by atoms with E-state index in [9.17, 15) is 9.59 Å². The summed E-state index contributed by atoms with van der Waals surface area (Å²) >= 11 is 0. The quantitative estimate of drug-likeness (QED) is 0.685. The first-order valence-corrected chi connectivity index (χ1v) is 10.9. The number of hydrogen-bond acceptors (Lipinski definition) is 4. The standard InChI is InChI=1S/C25H34N2O4/c1-17(14-25(2,3)4)12-23(28)26-20-8-6-18(7-9-20)22-13-19-15-27(24(29)16-30-5)11-10-21(19)31-22/h6-9,13,17H,10-12,14-16H2,1-5H3,(H,26,28). The molecule has 0 spiro atoms. The molecule has 2 heterocycles. The summed E-state index contributed by atoms with van der Waals surface area (Å²) in [5.74, 6) is 2.08. The van der Waals surface area contributed by atoms with Crippen LogP contribution in [0.2, 0.25) is 0 Å². The molecular weight excluding hydrogens is 392 g/mol. The van der Waals surface area contributed by atoms with Crippen LogP contribution in [0.1, 0.15) is 51.9 Å². The maximum atomic E-state index is 12.4. The molecule has 0 fully saturated rings. The number of furan rings is 1. The Morgan fingerprint density at radius 2 is 1.94 bits per heavy atom. The van der Waals surface area contributed by atoms with Gasteiger partial charge in [-0.3, -0.25) is 9.59 Å². The number of ether oxygens (including phenoxy) is 1. The average Bonchev–Trinajstić information content (AvgIpc) is 3.10. The number of nitrogens with one attached hydrogen (secondary N) is 1. The van der Waals surface area contributed by atoms with Gasteiger partial charge in [-0.25, -0.2) is 0 Å². The molecule has 6 nitrogen and oxygen atoms in total. The van der Waals surface area contributed by atoms with E-state index in [2.05, 4.69) is 33.0 Å². The minimum atomic E-state index is -0.00665. The van der Waals surface area contributed by atoms with Crippen LogP contribution >= 0.6 is 0 Å². The molecule has 0 saturated heterocycles. The average molecular weight is 427 g/mol. The van der Waals surface area contributed by atoms with Gasteiger partial charge in [0, 0.05) is 49.9 Å². The van der Waals surface area contributed by atoms with E-state index in [1.54, 1.807) is 4.90 Å². The van der Waals surface area contributed by atoms with Crippen molar-refractivity contribution < 1.29 is 18.7 Å². The second-order valence-corrected chi connectivity index (χ2v) is 9.76. The van der Waals surface area contributed by atoms with Crippen molar-refractivity contribution in [1.29, 1.82) is 0 Å².